The number of esters is 1. The fraction of sp³-hybridized carbons (Fsp3) is 0.556. The first kappa shape index (κ1) is 18.2. The maximum absolute atomic E-state index is 13.6. The molecule has 1 aromatic rings. The first-order valence-electron chi connectivity index (χ1n) is 8.33. The van der Waals surface area contributed by atoms with Crippen LogP contribution in [-0.2, 0) is 9.53 Å². The number of hydrogen-bond donors (Lipinski definition) is 1. The molecule has 0 aliphatic heterocycles. The number of carbonyl (C=O) groups is 2. The molecule has 0 spiro atoms. The van der Waals surface area contributed by atoms with Gasteiger partial charge in [-0.15, -0.1) is 0 Å². The average Bonchev–Trinajstić information content (AvgIpc) is 2.60. The summed E-state index contributed by atoms with van der Waals surface area (Å²) in [6, 6.07) is 3.78. The third-order valence-electron chi connectivity index (χ3n) is 4.33. The van der Waals surface area contributed by atoms with Crippen LogP contribution in [0.4, 0.5) is 4.39 Å². The van der Waals surface area contributed by atoms with Crippen LogP contribution in [0.5, 0.6) is 5.75 Å². The van der Waals surface area contributed by atoms with E-state index in [1.165, 1.54) is 45.4 Å². The second kappa shape index (κ2) is 8.66. The molecule has 1 atom stereocenters. The van der Waals surface area contributed by atoms with Crippen LogP contribution in [0, 0.1) is 11.7 Å². The Hall–Kier alpha value is -2.11. The molecule has 0 saturated heterocycles. The van der Waals surface area contributed by atoms with Gasteiger partial charge >= 0.3 is 5.97 Å². The predicted octanol–water partition coefficient (Wildman–Crippen LogP) is 3.08. The van der Waals surface area contributed by atoms with E-state index in [-0.39, 0.29) is 17.2 Å². The molecular formula is C18H24FNO4. The van der Waals surface area contributed by atoms with E-state index in [0.29, 0.717) is 12.5 Å². The Balaban J connectivity index is 1.83. The van der Waals surface area contributed by atoms with Crippen LogP contribution in [0.1, 0.15) is 49.4 Å². The lowest BCUT2D eigenvalue weighted by Gasteiger charge is -2.22. The van der Waals surface area contributed by atoms with Gasteiger partial charge in [-0.2, -0.15) is 0 Å². The Labute approximate surface area is 141 Å². The summed E-state index contributed by atoms with van der Waals surface area (Å²) in [5.41, 5.74) is 0.0419. The Bertz CT molecular complexity index is 584. The van der Waals surface area contributed by atoms with Gasteiger partial charge in [0, 0.05) is 6.54 Å². The molecule has 2 rings (SSSR count). The van der Waals surface area contributed by atoms with E-state index in [9.17, 15) is 14.0 Å². The molecule has 1 N–H and O–H groups in total. The second-order valence-corrected chi connectivity index (χ2v) is 6.15. The molecule has 6 heteroatoms. The third kappa shape index (κ3) is 4.94. The largest absolute Gasteiger partial charge is 0.494 e. The highest BCUT2D eigenvalue weighted by molar-refractivity contribution is 5.92. The van der Waals surface area contributed by atoms with Gasteiger partial charge in [-0.3, -0.25) is 4.79 Å². The summed E-state index contributed by atoms with van der Waals surface area (Å²) in [6.45, 7) is 2.12. The van der Waals surface area contributed by atoms with Crippen molar-refractivity contribution in [1.29, 1.82) is 0 Å². The number of halogens is 1. The van der Waals surface area contributed by atoms with Crippen molar-refractivity contribution in [3.8, 4) is 5.75 Å². The van der Waals surface area contributed by atoms with E-state index >= 15 is 0 Å². The summed E-state index contributed by atoms with van der Waals surface area (Å²) in [4.78, 5) is 24.0. The molecule has 1 saturated carbocycles. The van der Waals surface area contributed by atoms with Gasteiger partial charge in [0.15, 0.2) is 17.7 Å². The van der Waals surface area contributed by atoms with Crippen LogP contribution >= 0.6 is 0 Å². The van der Waals surface area contributed by atoms with Crippen molar-refractivity contribution in [1.82, 2.24) is 5.32 Å². The van der Waals surface area contributed by atoms with Gasteiger partial charge in [-0.1, -0.05) is 19.3 Å². The number of methoxy groups -OCH3 is 1. The van der Waals surface area contributed by atoms with E-state index in [2.05, 4.69) is 5.32 Å². The molecule has 1 aliphatic rings. The highest BCUT2D eigenvalue weighted by Crippen LogP contribution is 2.23. The lowest BCUT2D eigenvalue weighted by molar-refractivity contribution is -0.129. The zero-order chi connectivity index (χ0) is 17.5. The van der Waals surface area contributed by atoms with Crippen molar-refractivity contribution in [3.63, 3.8) is 0 Å². The van der Waals surface area contributed by atoms with Crippen LogP contribution in [0.3, 0.4) is 0 Å². The molecule has 1 amide bonds. The number of hydrogen-bond acceptors (Lipinski definition) is 4. The molecule has 0 bridgehead atoms. The molecule has 1 aliphatic carbocycles. The molecule has 0 aromatic heterocycles. The van der Waals surface area contributed by atoms with Crippen molar-refractivity contribution < 1.29 is 23.5 Å². The fourth-order valence-corrected chi connectivity index (χ4v) is 2.86. The van der Waals surface area contributed by atoms with Crippen LogP contribution in [0.25, 0.3) is 0 Å². The predicted molar refractivity (Wildman–Crippen MR) is 87.4 cm³/mol. The second-order valence-electron chi connectivity index (χ2n) is 6.15. The van der Waals surface area contributed by atoms with Crippen LogP contribution < -0.4 is 10.1 Å². The number of ether oxygens (including phenoxy) is 2. The maximum Gasteiger partial charge on any atom is 0.339 e. The Kier molecular flexibility index (Phi) is 6.58. The minimum absolute atomic E-state index is 0.0419. The summed E-state index contributed by atoms with van der Waals surface area (Å²) >= 11 is 0. The number of benzene rings is 1. The summed E-state index contributed by atoms with van der Waals surface area (Å²) in [5, 5.41) is 2.83. The highest BCUT2D eigenvalue weighted by atomic mass is 19.1. The summed E-state index contributed by atoms with van der Waals surface area (Å²) < 4.78 is 23.5. The normalized spacial score (nSPS) is 16.3. The van der Waals surface area contributed by atoms with Crippen molar-refractivity contribution in [2.45, 2.75) is 45.1 Å². The SMILES string of the molecule is COc1ccc(C(=O)O[C@@H](C)C(=O)NCC2CCCCC2)cc1F. The number of rotatable bonds is 6. The van der Waals surface area contributed by atoms with E-state index in [1.54, 1.807) is 0 Å². The quantitative estimate of drug-likeness (QED) is 0.810. The third-order valence-corrected chi connectivity index (χ3v) is 4.33. The minimum Gasteiger partial charge on any atom is -0.494 e. The Morgan fingerprint density at radius 1 is 1.29 bits per heavy atom. The van der Waals surface area contributed by atoms with Crippen molar-refractivity contribution in [2.24, 2.45) is 5.92 Å². The lowest BCUT2D eigenvalue weighted by atomic mass is 9.89. The molecule has 24 heavy (non-hydrogen) atoms. The monoisotopic (exact) mass is 337 g/mol. The van der Waals surface area contributed by atoms with Crippen molar-refractivity contribution in [3.05, 3.63) is 29.6 Å². The van der Waals surface area contributed by atoms with E-state index in [1.807, 2.05) is 0 Å². The lowest BCUT2D eigenvalue weighted by Crippen LogP contribution is -2.38. The van der Waals surface area contributed by atoms with Gasteiger partial charge in [0.05, 0.1) is 12.7 Å². The average molecular weight is 337 g/mol. The Morgan fingerprint density at radius 3 is 2.62 bits per heavy atom. The summed E-state index contributed by atoms with van der Waals surface area (Å²) in [7, 11) is 1.34. The van der Waals surface area contributed by atoms with E-state index in [4.69, 9.17) is 9.47 Å². The number of nitrogens with one attached hydrogen (secondary N) is 1. The Morgan fingerprint density at radius 2 is 2.00 bits per heavy atom. The van der Waals surface area contributed by atoms with Gasteiger partial charge in [-0.05, 0) is 43.9 Å². The standard InChI is InChI=1S/C18H24FNO4/c1-12(17(21)20-11-13-6-4-3-5-7-13)24-18(22)14-8-9-16(23-2)15(19)10-14/h8-10,12-13H,3-7,11H2,1-2H3,(H,20,21)/t12-/m0/s1. The summed E-state index contributed by atoms with van der Waals surface area (Å²) in [5.74, 6) is -1.17. The molecule has 0 radical (unpaired) electrons. The molecule has 132 valence electrons. The van der Waals surface area contributed by atoms with Gasteiger partial charge in [0.2, 0.25) is 0 Å². The zero-order valence-electron chi connectivity index (χ0n) is 14.1. The van der Waals surface area contributed by atoms with Crippen LogP contribution in [-0.4, -0.2) is 31.6 Å². The molecule has 0 unspecified atom stereocenters. The summed E-state index contributed by atoms with van der Waals surface area (Å²) in [6.07, 6.45) is 4.99. The van der Waals surface area contributed by atoms with Gasteiger partial charge in [0.1, 0.15) is 0 Å². The topological polar surface area (TPSA) is 64.6 Å². The van der Waals surface area contributed by atoms with Crippen molar-refractivity contribution >= 4 is 11.9 Å². The van der Waals surface area contributed by atoms with Crippen LogP contribution in [0.15, 0.2) is 18.2 Å². The van der Waals surface area contributed by atoms with Gasteiger partial charge < -0.3 is 14.8 Å². The minimum atomic E-state index is -0.925. The molecule has 1 aromatic carbocycles. The first-order valence-corrected chi connectivity index (χ1v) is 8.33. The molecule has 5 nitrogen and oxygen atoms in total. The van der Waals surface area contributed by atoms with Crippen molar-refractivity contribution in [2.75, 3.05) is 13.7 Å². The smallest absolute Gasteiger partial charge is 0.339 e. The van der Waals surface area contributed by atoms with Crippen LogP contribution in [0.2, 0.25) is 0 Å². The fourth-order valence-electron chi connectivity index (χ4n) is 2.86. The maximum atomic E-state index is 13.6. The molecular weight excluding hydrogens is 313 g/mol. The van der Waals surface area contributed by atoms with Gasteiger partial charge in [0.25, 0.3) is 5.91 Å². The zero-order valence-corrected chi connectivity index (χ0v) is 14.1. The highest BCUT2D eigenvalue weighted by Gasteiger charge is 2.21. The number of carbonyl (C=O) groups excluding carboxylic acids is 2. The van der Waals surface area contributed by atoms with Gasteiger partial charge in [-0.25, -0.2) is 9.18 Å². The number of amides is 1. The molecule has 0 heterocycles. The van der Waals surface area contributed by atoms with E-state index in [0.717, 1.165) is 18.9 Å². The molecule has 1 fully saturated rings. The van der Waals surface area contributed by atoms with E-state index < -0.39 is 17.9 Å². The first-order chi connectivity index (χ1) is 11.5.